The zero-order valence-corrected chi connectivity index (χ0v) is 12.9. The van der Waals surface area contributed by atoms with E-state index in [1.165, 1.54) is 16.0 Å². The van der Waals surface area contributed by atoms with Gasteiger partial charge in [0.25, 0.3) is 0 Å². The highest BCUT2D eigenvalue weighted by molar-refractivity contribution is 7.15. The lowest BCUT2D eigenvalue weighted by atomic mass is 10.1. The van der Waals surface area contributed by atoms with E-state index in [4.69, 9.17) is 4.74 Å². The number of morpholine rings is 1. The van der Waals surface area contributed by atoms with Crippen LogP contribution in [-0.4, -0.2) is 36.2 Å². The van der Waals surface area contributed by atoms with Crippen LogP contribution in [0.2, 0.25) is 0 Å². The largest absolute Gasteiger partial charge is 0.379 e. The van der Waals surface area contributed by atoms with E-state index < -0.39 is 0 Å². The van der Waals surface area contributed by atoms with E-state index in [9.17, 15) is 0 Å². The van der Waals surface area contributed by atoms with Crippen LogP contribution in [0.3, 0.4) is 0 Å². The van der Waals surface area contributed by atoms with Gasteiger partial charge >= 0.3 is 0 Å². The summed E-state index contributed by atoms with van der Waals surface area (Å²) in [5, 5.41) is 1.13. The topological polar surface area (TPSA) is 25.4 Å². The first-order valence-electron chi connectivity index (χ1n) is 7.06. The SMILES string of the molecule is Cc1nc(-c2cccc(CN3CCOCC3)c2)sc1C. The van der Waals surface area contributed by atoms with Crippen LogP contribution in [-0.2, 0) is 11.3 Å². The summed E-state index contributed by atoms with van der Waals surface area (Å²) in [5.41, 5.74) is 3.73. The van der Waals surface area contributed by atoms with Crippen molar-refractivity contribution in [3.63, 3.8) is 0 Å². The van der Waals surface area contributed by atoms with Gasteiger partial charge in [-0.25, -0.2) is 4.98 Å². The molecular weight excluding hydrogens is 268 g/mol. The first-order valence-corrected chi connectivity index (χ1v) is 7.87. The van der Waals surface area contributed by atoms with Gasteiger partial charge in [0.15, 0.2) is 0 Å². The molecule has 0 atom stereocenters. The van der Waals surface area contributed by atoms with Gasteiger partial charge in [0, 0.05) is 30.1 Å². The van der Waals surface area contributed by atoms with Crippen LogP contribution >= 0.6 is 11.3 Å². The maximum atomic E-state index is 5.40. The van der Waals surface area contributed by atoms with Crippen LogP contribution in [0.1, 0.15) is 16.1 Å². The van der Waals surface area contributed by atoms with Gasteiger partial charge in [-0.2, -0.15) is 0 Å². The van der Waals surface area contributed by atoms with Gasteiger partial charge in [-0.05, 0) is 25.5 Å². The van der Waals surface area contributed by atoms with E-state index in [-0.39, 0.29) is 0 Å². The third-order valence-corrected chi connectivity index (χ3v) is 4.83. The Morgan fingerprint density at radius 3 is 2.75 bits per heavy atom. The van der Waals surface area contributed by atoms with Crippen molar-refractivity contribution < 1.29 is 4.74 Å². The van der Waals surface area contributed by atoms with Gasteiger partial charge in [0.2, 0.25) is 0 Å². The molecule has 0 bridgehead atoms. The maximum Gasteiger partial charge on any atom is 0.123 e. The number of thiazole rings is 1. The zero-order valence-electron chi connectivity index (χ0n) is 12.1. The molecule has 4 heteroatoms. The molecule has 1 aromatic heterocycles. The Bertz CT molecular complexity index is 568. The lowest BCUT2D eigenvalue weighted by molar-refractivity contribution is 0.0342. The predicted octanol–water partition coefficient (Wildman–Crippen LogP) is 3.26. The number of aromatic nitrogens is 1. The van der Waals surface area contributed by atoms with Gasteiger partial charge < -0.3 is 4.74 Å². The van der Waals surface area contributed by atoms with Crippen LogP contribution in [0.25, 0.3) is 10.6 Å². The Hall–Kier alpha value is -1.23. The minimum atomic E-state index is 0.852. The standard InChI is InChI=1S/C16H20N2OS/c1-12-13(2)20-16(17-12)15-5-3-4-14(10-15)11-18-6-8-19-9-7-18/h3-5,10H,6-9,11H2,1-2H3. The molecule has 1 saturated heterocycles. The second-order valence-corrected chi connectivity index (χ2v) is 6.45. The maximum absolute atomic E-state index is 5.40. The van der Waals surface area contributed by atoms with E-state index >= 15 is 0 Å². The molecule has 0 amide bonds. The van der Waals surface area contributed by atoms with Gasteiger partial charge in [0.1, 0.15) is 5.01 Å². The lowest BCUT2D eigenvalue weighted by Crippen LogP contribution is -2.35. The Labute approximate surface area is 124 Å². The molecule has 106 valence electrons. The molecule has 20 heavy (non-hydrogen) atoms. The van der Waals surface area contributed by atoms with Gasteiger partial charge in [-0.15, -0.1) is 11.3 Å². The molecule has 0 N–H and O–H groups in total. The lowest BCUT2D eigenvalue weighted by Gasteiger charge is -2.26. The number of rotatable bonds is 3. The minimum Gasteiger partial charge on any atom is -0.379 e. The molecule has 3 rings (SSSR count). The monoisotopic (exact) mass is 288 g/mol. The average Bonchev–Trinajstić information content (AvgIpc) is 2.80. The summed E-state index contributed by atoms with van der Waals surface area (Å²) in [5.74, 6) is 0. The number of ether oxygens (including phenoxy) is 1. The summed E-state index contributed by atoms with van der Waals surface area (Å²) in [6.07, 6.45) is 0. The fourth-order valence-corrected chi connectivity index (χ4v) is 3.33. The molecule has 3 nitrogen and oxygen atoms in total. The van der Waals surface area contributed by atoms with Crippen molar-refractivity contribution in [2.24, 2.45) is 0 Å². The molecule has 0 aliphatic carbocycles. The van der Waals surface area contributed by atoms with Crippen LogP contribution in [0.5, 0.6) is 0 Å². The Balaban J connectivity index is 1.78. The van der Waals surface area contributed by atoms with Crippen molar-refractivity contribution >= 4 is 11.3 Å². The summed E-state index contributed by atoms with van der Waals surface area (Å²) < 4.78 is 5.40. The number of nitrogens with zero attached hydrogens (tertiary/aromatic N) is 2. The quantitative estimate of drug-likeness (QED) is 0.867. The molecule has 0 unspecified atom stereocenters. The number of hydrogen-bond acceptors (Lipinski definition) is 4. The highest BCUT2D eigenvalue weighted by atomic mass is 32.1. The molecule has 0 saturated carbocycles. The Morgan fingerprint density at radius 1 is 1.25 bits per heavy atom. The smallest absolute Gasteiger partial charge is 0.123 e. The first-order chi connectivity index (χ1) is 9.72. The molecular formula is C16H20N2OS. The summed E-state index contributed by atoms with van der Waals surface area (Å²) in [6, 6.07) is 8.76. The number of benzene rings is 1. The molecule has 1 aromatic carbocycles. The van der Waals surface area contributed by atoms with E-state index in [1.54, 1.807) is 11.3 Å². The van der Waals surface area contributed by atoms with E-state index in [2.05, 4.69) is 48.0 Å². The molecule has 2 aromatic rings. The van der Waals surface area contributed by atoms with E-state index in [1.807, 2.05) is 0 Å². The van der Waals surface area contributed by atoms with Crippen molar-refractivity contribution in [1.82, 2.24) is 9.88 Å². The van der Waals surface area contributed by atoms with Crippen LogP contribution in [0, 0.1) is 13.8 Å². The first kappa shape index (κ1) is 13.7. The van der Waals surface area contributed by atoms with Crippen molar-refractivity contribution in [3.05, 3.63) is 40.4 Å². The molecule has 2 heterocycles. The molecule has 1 fully saturated rings. The second-order valence-electron chi connectivity index (χ2n) is 5.25. The van der Waals surface area contributed by atoms with Crippen LogP contribution in [0.15, 0.2) is 24.3 Å². The third kappa shape index (κ3) is 3.08. The summed E-state index contributed by atoms with van der Waals surface area (Å²) in [4.78, 5) is 8.40. The normalized spacial score (nSPS) is 16.5. The van der Waals surface area contributed by atoms with E-state index in [0.29, 0.717) is 0 Å². The van der Waals surface area contributed by atoms with Gasteiger partial charge in [0.05, 0.1) is 18.9 Å². The van der Waals surface area contributed by atoms with Gasteiger partial charge in [-0.1, -0.05) is 18.2 Å². The van der Waals surface area contributed by atoms with E-state index in [0.717, 1.165) is 43.5 Å². The predicted molar refractivity (Wildman–Crippen MR) is 83.1 cm³/mol. The summed E-state index contributed by atoms with van der Waals surface area (Å²) in [7, 11) is 0. The summed E-state index contributed by atoms with van der Waals surface area (Å²) >= 11 is 1.78. The highest BCUT2D eigenvalue weighted by Gasteiger charge is 2.12. The van der Waals surface area contributed by atoms with Crippen molar-refractivity contribution in [1.29, 1.82) is 0 Å². The van der Waals surface area contributed by atoms with Crippen molar-refractivity contribution in [2.75, 3.05) is 26.3 Å². The van der Waals surface area contributed by atoms with Gasteiger partial charge in [-0.3, -0.25) is 4.90 Å². The van der Waals surface area contributed by atoms with Crippen molar-refractivity contribution in [2.45, 2.75) is 20.4 Å². The second kappa shape index (κ2) is 6.04. The Kier molecular flexibility index (Phi) is 4.15. The fraction of sp³-hybridized carbons (Fsp3) is 0.438. The van der Waals surface area contributed by atoms with Crippen molar-refractivity contribution in [3.8, 4) is 10.6 Å². The number of aryl methyl sites for hydroxylation is 2. The molecule has 0 radical (unpaired) electrons. The number of hydrogen-bond donors (Lipinski definition) is 0. The third-order valence-electron chi connectivity index (χ3n) is 3.71. The summed E-state index contributed by atoms with van der Waals surface area (Å²) in [6.45, 7) is 8.97. The molecule has 1 aliphatic heterocycles. The van der Waals surface area contributed by atoms with Crippen LogP contribution in [0.4, 0.5) is 0 Å². The highest BCUT2D eigenvalue weighted by Crippen LogP contribution is 2.28. The fourth-order valence-electron chi connectivity index (χ4n) is 2.42. The molecule has 0 spiro atoms. The average molecular weight is 288 g/mol. The minimum absolute atomic E-state index is 0.852. The zero-order chi connectivity index (χ0) is 13.9. The van der Waals surface area contributed by atoms with Crippen LogP contribution < -0.4 is 0 Å². The Morgan fingerprint density at radius 2 is 2.05 bits per heavy atom. The molecule has 1 aliphatic rings.